The Hall–Kier alpha value is -3.19. The monoisotopic (exact) mass is 460 g/mol. The molecule has 1 aromatic carbocycles. The van der Waals surface area contributed by atoms with Crippen molar-refractivity contribution < 1.29 is 14.3 Å². The number of allylic oxidation sites excluding steroid dienone is 1. The highest BCUT2D eigenvalue weighted by Crippen LogP contribution is 2.32. The Bertz CT molecular complexity index is 1100. The van der Waals surface area contributed by atoms with Gasteiger partial charge in [0.15, 0.2) is 0 Å². The fourth-order valence-corrected chi connectivity index (χ4v) is 5.20. The van der Waals surface area contributed by atoms with Crippen molar-refractivity contribution in [1.29, 1.82) is 0 Å². The first-order valence-electron chi connectivity index (χ1n) is 12.2. The summed E-state index contributed by atoms with van der Waals surface area (Å²) in [6.45, 7) is 7.02. The van der Waals surface area contributed by atoms with E-state index in [9.17, 15) is 9.59 Å². The van der Waals surface area contributed by atoms with E-state index < -0.39 is 6.04 Å². The number of rotatable bonds is 6. The summed E-state index contributed by atoms with van der Waals surface area (Å²) in [7, 11) is 0. The molecule has 2 N–H and O–H groups in total. The largest absolute Gasteiger partial charge is 0.489 e. The summed E-state index contributed by atoms with van der Waals surface area (Å²) in [6.07, 6.45) is 7.71. The lowest BCUT2D eigenvalue weighted by Crippen LogP contribution is -2.49. The minimum Gasteiger partial charge on any atom is -0.489 e. The first kappa shape index (κ1) is 22.6. The third kappa shape index (κ3) is 4.71. The highest BCUT2D eigenvalue weighted by Gasteiger charge is 2.38. The van der Waals surface area contributed by atoms with Crippen LogP contribution >= 0.6 is 0 Å². The summed E-state index contributed by atoms with van der Waals surface area (Å²) in [5.41, 5.74) is 4.49. The molecule has 3 aliphatic rings. The molecule has 34 heavy (non-hydrogen) atoms. The predicted molar refractivity (Wildman–Crippen MR) is 129 cm³/mol. The molecule has 3 atom stereocenters. The maximum absolute atomic E-state index is 13.0. The number of nitrogens with zero attached hydrogens (tertiary/aromatic N) is 2. The Morgan fingerprint density at radius 1 is 1.18 bits per heavy atom. The molecular formula is C27H32N4O3. The molecule has 2 aromatic rings. The number of nitrogens with one attached hydrogen (secondary N) is 2. The molecule has 0 spiro atoms. The van der Waals surface area contributed by atoms with Crippen molar-refractivity contribution >= 4 is 11.8 Å². The van der Waals surface area contributed by atoms with Crippen LogP contribution in [0.1, 0.15) is 65.7 Å². The molecule has 2 aliphatic heterocycles. The lowest BCUT2D eigenvalue weighted by molar-refractivity contribution is -0.126. The molecule has 0 radical (unpaired) electrons. The topological polar surface area (TPSA) is 83.6 Å². The van der Waals surface area contributed by atoms with Crippen molar-refractivity contribution in [3.8, 4) is 5.75 Å². The van der Waals surface area contributed by atoms with Crippen LogP contribution in [0.15, 0.2) is 48.8 Å². The Morgan fingerprint density at radius 3 is 2.82 bits per heavy atom. The van der Waals surface area contributed by atoms with E-state index in [0.29, 0.717) is 24.9 Å². The summed E-state index contributed by atoms with van der Waals surface area (Å²) in [5.74, 6) is 0.553. The zero-order valence-electron chi connectivity index (χ0n) is 19.7. The number of hydrogen-bond acceptors (Lipinski definition) is 5. The van der Waals surface area contributed by atoms with Gasteiger partial charge in [0.1, 0.15) is 17.9 Å². The lowest BCUT2D eigenvalue weighted by Gasteiger charge is -2.33. The normalized spacial score (nSPS) is 24.7. The van der Waals surface area contributed by atoms with Gasteiger partial charge in [-0.1, -0.05) is 19.1 Å². The number of pyridine rings is 1. The molecule has 7 heteroatoms. The van der Waals surface area contributed by atoms with Crippen LogP contribution in [0.2, 0.25) is 0 Å². The van der Waals surface area contributed by atoms with Gasteiger partial charge in [-0.25, -0.2) is 0 Å². The molecule has 1 unspecified atom stereocenters. The SMILES string of the molecule is C=C1CCC(N2Cc3cc(O[C@H]4CCCC[C@H]4NCc4ccc(C)nc4)ccc3C2=O)C(=O)N1. The molecule has 2 amide bonds. The molecule has 1 saturated heterocycles. The van der Waals surface area contributed by atoms with Crippen molar-refractivity contribution in [3.05, 3.63) is 71.2 Å². The van der Waals surface area contributed by atoms with E-state index >= 15 is 0 Å². The third-order valence-electron chi connectivity index (χ3n) is 7.14. The van der Waals surface area contributed by atoms with Crippen molar-refractivity contribution in [1.82, 2.24) is 20.5 Å². The minimum absolute atomic E-state index is 0.0774. The van der Waals surface area contributed by atoms with E-state index in [1.165, 1.54) is 12.0 Å². The maximum Gasteiger partial charge on any atom is 0.255 e. The minimum atomic E-state index is -0.446. The molecule has 5 rings (SSSR count). The smallest absolute Gasteiger partial charge is 0.255 e. The number of carbonyl (C=O) groups is 2. The van der Waals surface area contributed by atoms with Crippen LogP contribution in [0.5, 0.6) is 5.75 Å². The fraction of sp³-hybridized carbons (Fsp3) is 0.444. The van der Waals surface area contributed by atoms with Crippen LogP contribution in [-0.2, 0) is 17.9 Å². The van der Waals surface area contributed by atoms with Gasteiger partial charge in [0.2, 0.25) is 5.91 Å². The second-order valence-corrected chi connectivity index (χ2v) is 9.64. The number of amides is 2. The van der Waals surface area contributed by atoms with Crippen LogP contribution in [0.4, 0.5) is 0 Å². The van der Waals surface area contributed by atoms with Gasteiger partial charge in [0.25, 0.3) is 5.91 Å². The Balaban J connectivity index is 1.24. The number of aryl methyl sites for hydroxylation is 1. The Kier molecular flexibility index (Phi) is 6.37. The van der Waals surface area contributed by atoms with Crippen LogP contribution in [0.3, 0.4) is 0 Å². The zero-order valence-corrected chi connectivity index (χ0v) is 19.7. The van der Waals surface area contributed by atoms with E-state index in [4.69, 9.17) is 4.74 Å². The molecule has 2 fully saturated rings. The quantitative estimate of drug-likeness (QED) is 0.688. The van der Waals surface area contributed by atoms with E-state index in [1.54, 1.807) is 4.90 Å². The number of piperidine rings is 1. The average molecular weight is 461 g/mol. The standard InChI is InChI=1S/C27H32N4O3/c1-17-7-9-19(14-28-17)15-29-23-5-3-4-6-25(23)34-21-10-11-22-20(13-21)16-31(27(22)33)24-12-8-18(2)30-26(24)32/h7,9-11,13-14,23-25,29H,2-6,8,12,15-16H2,1H3,(H,30,32)/t23-,24?,25+/m1/s1. The van der Waals surface area contributed by atoms with Gasteiger partial charge < -0.3 is 20.3 Å². The predicted octanol–water partition coefficient (Wildman–Crippen LogP) is 3.62. The maximum atomic E-state index is 13.0. The number of benzene rings is 1. The van der Waals surface area contributed by atoms with Crippen LogP contribution in [-0.4, -0.2) is 39.9 Å². The molecule has 0 bridgehead atoms. The van der Waals surface area contributed by atoms with E-state index in [2.05, 4.69) is 28.3 Å². The Labute approximate surface area is 200 Å². The molecule has 7 nitrogen and oxygen atoms in total. The molecule has 1 aromatic heterocycles. The first-order chi connectivity index (χ1) is 16.5. The Morgan fingerprint density at radius 2 is 2.03 bits per heavy atom. The number of carbonyl (C=O) groups excluding carboxylic acids is 2. The highest BCUT2D eigenvalue weighted by molar-refractivity contribution is 6.01. The van der Waals surface area contributed by atoms with E-state index in [-0.39, 0.29) is 24.0 Å². The second-order valence-electron chi connectivity index (χ2n) is 9.64. The third-order valence-corrected chi connectivity index (χ3v) is 7.14. The summed E-state index contributed by atoms with van der Waals surface area (Å²) >= 11 is 0. The molecule has 1 aliphatic carbocycles. The number of hydrogen-bond donors (Lipinski definition) is 2. The summed E-state index contributed by atoms with van der Waals surface area (Å²) in [4.78, 5) is 31.5. The zero-order chi connectivity index (χ0) is 23.7. The number of aromatic nitrogens is 1. The van der Waals surface area contributed by atoms with E-state index in [0.717, 1.165) is 48.5 Å². The molecule has 178 valence electrons. The summed E-state index contributed by atoms with van der Waals surface area (Å²) in [6, 6.07) is 9.67. The van der Waals surface area contributed by atoms with Crippen molar-refractivity contribution in [2.75, 3.05) is 0 Å². The van der Waals surface area contributed by atoms with Crippen molar-refractivity contribution in [2.45, 2.75) is 76.7 Å². The first-order valence-corrected chi connectivity index (χ1v) is 12.2. The number of fused-ring (bicyclic) bond motifs is 1. The fourth-order valence-electron chi connectivity index (χ4n) is 5.20. The highest BCUT2D eigenvalue weighted by atomic mass is 16.5. The molecular weight excluding hydrogens is 428 g/mol. The van der Waals surface area contributed by atoms with Crippen LogP contribution in [0, 0.1) is 6.92 Å². The van der Waals surface area contributed by atoms with Crippen molar-refractivity contribution in [3.63, 3.8) is 0 Å². The summed E-state index contributed by atoms with van der Waals surface area (Å²) < 4.78 is 6.45. The van der Waals surface area contributed by atoms with Gasteiger partial charge in [-0.15, -0.1) is 0 Å². The number of ether oxygens (including phenoxy) is 1. The van der Waals surface area contributed by atoms with Crippen molar-refractivity contribution in [2.24, 2.45) is 0 Å². The average Bonchev–Trinajstić information content (AvgIpc) is 3.15. The van der Waals surface area contributed by atoms with Crippen LogP contribution in [0.25, 0.3) is 0 Å². The van der Waals surface area contributed by atoms with Gasteiger partial charge in [-0.05, 0) is 74.4 Å². The van der Waals surface area contributed by atoms with Crippen LogP contribution < -0.4 is 15.4 Å². The van der Waals surface area contributed by atoms with Gasteiger partial charge in [0.05, 0.1) is 0 Å². The molecule has 3 heterocycles. The second kappa shape index (κ2) is 9.58. The summed E-state index contributed by atoms with van der Waals surface area (Å²) in [5, 5.41) is 6.45. The van der Waals surface area contributed by atoms with Gasteiger partial charge in [0, 0.05) is 42.3 Å². The van der Waals surface area contributed by atoms with Gasteiger partial charge >= 0.3 is 0 Å². The lowest BCUT2D eigenvalue weighted by atomic mass is 9.92. The van der Waals surface area contributed by atoms with Gasteiger partial charge in [-0.2, -0.15) is 0 Å². The van der Waals surface area contributed by atoms with E-state index in [1.807, 2.05) is 37.4 Å². The van der Waals surface area contributed by atoms with Gasteiger partial charge in [-0.3, -0.25) is 14.6 Å². The molecule has 1 saturated carbocycles.